The molecule has 4 heteroatoms. The molecule has 1 aromatic rings. The summed E-state index contributed by atoms with van der Waals surface area (Å²) in [7, 11) is 0. The summed E-state index contributed by atoms with van der Waals surface area (Å²) in [5, 5.41) is 13.2. The number of aliphatic hydroxyl groups excluding tert-OH is 1. The van der Waals surface area contributed by atoms with Crippen molar-refractivity contribution in [1.82, 2.24) is 5.32 Å². The summed E-state index contributed by atoms with van der Waals surface area (Å²) in [6.07, 6.45) is 1.20. The number of benzene rings is 1. The minimum atomic E-state index is -0.543. The lowest BCUT2D eigenvalue weighted by molar-refractivity contribution is 0.107. The molecule has 0 aromatic heterocycles. The molecule has 0 spiro atoms. The van der Waals surface area contributed by atoms with Gasteiger partial charge in [0.1, 0.15) is 18.5 Å². The van der Waals surface area contributed by atoms with Gasteiger partial charge in [-0.2, -0.15) is 0 Å². The molecule has 1 aromatic carbocycles. The minimum absolute atomic E-state index is 0.241. The number of nitrogens with one attached hydrogen (secondary N) is 1. The van der Waals surface area contributed by atoms with Crippen LogP contribution in [0.25, 0.3) is 0 Å². The van der Waals surface area contributed by atoms with Crippen molar-refractivity contribution >= 4 is 11.6 Å². The number of hydrogen-bond donors (Lipinski definition) is 2. The lowest BCUT2D eigenvalue weighted by Crippen LogP contribution is -2.31. The molecular formula is C12H16ClNO2. The summed E-state index contributed by atoms with van der Waals surface area (Å²) in [4.78, 5) is 0. The summed E-state index contributed by atoms with van der Waals surface area (Å²) in [6.45, 7) is 4.96. The van der Waals surface area contributed by atoms with Crippen LogP contribution in [-0.2, 0) is 0 Å². The fraction of sp³-hybridized carbons (Fsp3) is 0.333. The summed E-state index contributed by atoms with van der Waals surface area (Å²) < 4.78 is 5.38. The predicted octanol–water partition coefficient (Wildman–Crippen LogP) is 1.86. The van der Waals surface area contributed by atoms with Gasteiger partial charge in [-0.15, -0.1) is 6.58 Å². The van der Waals surface area contributed by atoms with Gasteiger partial charge in [0.05, 0.1) is 0 Å². The van der Waals surface area contributed by atoms with E-state index in [4.69, 9.17) is 16.3 Å². The molecule has 0 amide bonds. The Morgan fingerprint density at radius 2 is 2.38 bits per heavy atom. The van der Waals surface area contributed by atoms with Gasteiger partial charge in [0.25, 0.3) is 0 Å². The van der Waals surface area contributed by atoms with Crippen LogP contribution in [-0.4, -0.2) is 30.9 Å². The van der Waals surface area contributed by atoms with Crippen LogP contribution in [0.5, 0.6) is 5.75 Å². The first-order valence-electron chi connectivity index (χ1n) is 5.10. The van der Waals surface area contributed by atoms with Crippen molar-refractivity contribution in [2.45, 2.75) is 6.10 Å². The third-order valence-electron chi connectivity index (χ3n) is 1.91. The van der Waals surface area contributed by atoms with Gasteiger partial charge in [0.2, 0.25) is 0 Å². The highest BCUT2D eigenvalue weighted by atomic mass is 35.5. The molecule has 3 nitrogen and oxygen atoms in total. The SMILES string of the molecule is C=CCNCC(O)COc1cccc(Cl)c1. The normalized spacial score (nSPS) is 12.1. The summed E-state index contributed by atoms with van der Waals surface area (Å²) in [5.41, 5.74) is 0. The van der Waals surface area contributed by atoms with Gasteiger partial charge in [-0.3, -0.25) is 0 Å². The summed E-state index contributed by atoms with van der Waals surface area (Å²) in [6, 6.07) is 7.09. The Morgan fingerprint density at radius 1 is 1.56 bits per heavy atom. The maximum atomic E-state index is 9.55. The van der Waals surface area contributed by atoms with Gasteiger partial charge < -0.3 is 15.2 Å². The zero-order chi connectivity index (χ0) is 11.8. The Kier molecular flexibility index (Phi) is 5.93. The second-order valence-electron chi connectivity index (χ2n) is 3.37. The monoisotopic (exact) mass is 241 g/mol. The van der Waals surface area contributed by atoms with Crippen molar-refractivity contribution in [3.8, 4) is 5.75 Å². The maximum Gasteiger partial charge on any atom is 0.120 e. The van der Waals surface area contributed by atoms with E-state index in [1.54, 1.807) is 30.3 Å². The van der Waals surface area contributed by atoms with Crippen molar-refractivity contribution in [3.05, 3.63) is 41.9 Å². The smallest absolute Gasteiger partial charge is 0.120 e. The van der Waals surface area contributed by atoms with Crippen LogP contribution in [0, 0.1) is 0 Å². The first kappa shape index (κ1) is 13.0. The van der Waals surface area contributed by atoms with E-state index < -0.39 is 6.10 Å². The maximum absolute atomic E-state index is 9.55. The molecule has 0 saturated carbocycles. The Hall–Kier alpha value is -1.03. The van der Waals surface area contributed by atoms with Crippen LogP contribution < -0.4 is 10.1 Å². The number of hydrogen-bond acceptors (Lipinski definition) is 3. The van der Waals surface area contributed by atoms with Crippen molar-refractivity contribution in [2.75, 3.05) is 19.7 Å². The van der Waals surface area contributed by atoms with Crippen molar-refractivity contribution < 1.29 is 9.84 Å². The van der Waals surface area contributed by atoms with Gasteiger partial charge in [-0.1, -0.05) is 23.7 Å². The van der Waals surface area contributed by atoms with E-state index in [-0.39, 0.29) is 6.61 Å². The molecule has 0 radical (unpaired) electrons. The van der Waals surface area contributed by atoms with Crippen LogP contribution in [0.3, 0.4) is 0 Å². The van der Waals surface area contributed by atoms with E-state index >= 15 is 0 Å². The Bertz CT molecular complexity index is 331. The van der Waals surface area contributed by atoms with E-state index in [2.05, 4.69) is 11.9 Å². The van der Waals surface area contributed by atoms with E-state index in [9.17, 15) is 5.11 Å². The second kappa shape index (κ2) is 7.28. The van der Waals surface area contributed by atoms with Gasteiger partial charge in [-0.25, -0.2) is 0 Å². The van der Waals surface area contributed by atoms with E-state index in [1.165, 1.54) is 0 Å². The molecule has 0 saturated heterocycles. The lowest BCUT2D eigenvalue weighted by atomic mass is 10.3. The van der Waals surface area contributed by atoms with Gasteiger partial charge >= 0.3 is 0 Å². The van der Waals surface area contributed by atoms with Crippen molar-refractivity contribution in [3.63, 3.8) is 0 Å². The molecule has 0 aliphatic rings. The summed E-state index contributed by atoms with van der Waals surface area (Å²) >= 11 is 5.80. The highest BCUT2D eigenvalue weighted by molar-refractivity contribution is 6.30. The van der Waals surface area contributed by atoms with Crippen LogP contribution in [0.2, 0.25) is 5.02 Å². The molecule has 0 aliphatic carbocycles. The zero-order valence-corrected chi connectivity index (χ0v) is 9.78. The number of halogens is 1. The quantitative estimate of drug-likeness (QED) is 0.566. The van der Waals surface area contributed by atoms with Gasteiger partial charge in [0, 0.05) is 18.1 Å². The largest absolute Gasteiger partial charge is 0.491 e. The molecule has 1 atom stereocenters. The third-order valence-corrected chi connectivity index (χ3v) is 2.14. The molecule has 16 heavy (non-hydrogen) atoms. The predicted molar refractivity (Wildman–Crippen MR) is 66.0 cm³/mol. The van der Waals surface area contributed by atoms with E-state index in [0.717, 1.165) is 0 Å². The van der Waals surface area contributed by atoms with Crippen LogP contribution in [0.4, 0.5) is 0 Å². The first-order chi connectivity index (χ1) is 7.72. The standard InChI is InChI=1S/C12H16ClNO2/c1-2-6-14-8-11(15)9-16-12-5-3-4-10(13)7-12/h2-5,7,11,14-15H,1,6,8-9H2. The third kappa shape index (κ3) is 5.16. The molecule has 0 heterocycles. The average Bonchev–Trinajstić information content (AvgIpc) is 2.27. The topological polar surface area (TPSA) is 41.5 Å². The Labute approximate surface area is 101 Å². The fourth-order valence-corrected chi connectivity index (χ4v) is 1.34. The first-order valence-corrected chi connectivity index (χ1v) is 5.48. The van der Waals surface area contributed by atoms with Crippen LogP contribution in [0.15, 0.2) is 36.9 Å². The van der Waals surface area contributed by atoms with Crippen LogP contribution >= 0.6 is 11.6 Å². The Morgan fingerprint density at radius 3 is 3.06 bits per heavy atom. The lowest BCUT2D eigenvalue weighted by Gasteiger charge is -2.12. The Balaban J connectivity index is 2.25. The summed E-state index contributed by atoms with van der Waals surface area (Å²) in [5.74, 6) is 0.662. The molecule has 2 N–H and O–H groups in total. The molecule has 0 fully saturated rings. The highest BCUT2D eigenvalue weighted by Gasteiger charge is 2.04. The minimum Gasteiger partial charge on any atom is -0.491 e. The highest BCUT2D eigenvalue weighted by Crippen LogP contribution is 2.16. The number of rotatable bonds is 7. The molecule has 88 valence electrons. The van der Waals surface area contributed by atoms with Crippen molar-refractivity contribution in [1.29, 1.82) is 0 Å². The molecule has 1 rings (SSSR count). The van der Waals surface area contributed by atoms with Gasteiger partial charge in [-0.05, 0) is 18.2 Å². The molecule has 0 aliphatic heterocycles. The van der Waals surface area contributed by atoms with Gasteiger partial charge in [0.15, 0.2) is 0 Å². The second-order valence-corrected chi connectivity index (χ2v) is 3.81. The average molecular weight is 242 g/mol. The fourth-order valence-electron chi connectivity index (χ4n) is 1.16. The number of aliphatic hydroxyl groups is 1. The van der Waals surface area contributed by atoms with E-state index in [1.807, 2.05) is 0 Å². The van der Waals surface area contributed by atoms with Crippen molar-refractivity contribution in [2.24, 2.45) is 0 Å². The molecular weight excluding hydrogens is 226 g/mol. The molecule has 0 bridgehead atoms. The van der Waals surface area contributed by atoms with Crippen LogP contribution in [0.1, 0.15) is 0 Å². The van der Waals surface area contributed by atoms with E-state index in [0.29, 0.717) is 23.9 Å². The zero-order valence-electron chi connectivity index (χ0n) is 9.03. The number of ether oxygens (including phenoxy) is 1. The molecule has 1 unspecified atom stereocenters.